The van der Waals surface area contributed by atoms with Gasteiger partial charge in [-0.2, -0.15) is 0 Å². The van der Waals surface area contributed by atoms with Crippen molar-refractivity contribution < 1.29 is 4.79 Å². The highest BCUT2D eigenvalue weighted by molar-refractivity contribution is 5.87. The summed E-state index contributed by atoms with van der Waals surface area (Å²) in [7, 11) is 0. The van der Waals surface area contributed by atoms with Gasteiger partial charge in [0.05, 0.1) is 0 Å². The van der Waals surface area contributed by atoms with Crippen LogP contribution in [0.25, 0.3) is 0 Å². The first kappa shape index (κ1) is 15.0. The fourth-order valence-electron chi connectivity index (χ4n) is 7.24. The van der Waals surface area contributed by atoms with Crippen molar-refractivity contribution in [3.05, 3.63) is 11.6 Å². The molecule has 0 aliphatic heterocycles. The lowest BCUT2D eigenvalue weighted by molar-refractivity contribution is -0.138. The number of carbonyl (C=O) groups is 1. The molecule has 0 aromatic heterocycles. The molecule has 0 amide bonds. The number of Topliss-reactive ketones (excluding diaryl/α,β-unsaturated/α-hetero) is 1. The van der Waals surface area contributed by atoms with E-state index in [4.69, 9.17) is 0 Å². The van der Waals surface area contributed by atoms with E-state index in [1.165, 1.54) is 51.4 Å². The van der Waals surface area contributed by atoms with Crippen LogP contribution in [0.3, 0.4) is 0 Å². The van der Waals surface area contributed by atoms with Crippen molar-refractivity contribution in [3.8, 4) is 0 Å². The molecule has 0 spiro atoms. The summed E-state index contributed by atoms with van der Waals surface area (Å²) >= 11 is 0. The van der Waals surface area contributed by atoms with E-state index in [1.807, 2.05) is 0 Å². The predicted molar refractivity (Wildman–Crippen MR) is 90.5 cm³/mol. The molecule has 0 N–H and O–H groups in total. The zero-order valence-corrected chi connectivity index (χ0v) is 14.7. The van der Waals surface area contributed by atoms with Gasteiger partial charge in [-0.15, -0.1) is 0 Å². The third-order valence-corrected chi connectivity index (χ3v) is 8.38. The van der Waals surface area contributed by atoms with Crippen LogP contribution in [0.1, 0.15) is 78.6 Å². The quantitative estimate of drug-likeness (QED) is 0.581. The number of allylic oxidation sites excluding steroid dienone is 2. The average Bonchev–Trinajstić information content (AvgIpc) is 2.85. The highest BCUT2D eigenvalue weighted by atomic mass is 16.1. The maximum absolute atomic E-state index is 12.8. The summed E-state index contributed by atoms with van der Waals surface area (Å²) in [5.74, 6) is 3.45. The zero-order chi connectivity index (χ0) is 15.5. The van der Waals surface area contributed by atoms with Gasteiger partial charge in [-0.05, 0) is 74.0 Å². The van der Waals surface area contributed by atoms with Gasteiger partial charge in [0, 0.05) is 11.8 Å². The van der Waals surface area contributed by atoms with Crippen LogP contribution in [0.4, 0.5) is 0 Å². The SMILES string of the molecule is CC(C)[C@]12CC[C@H]3[C@@H](CC=C4CCCC[C@@]43C)[C@@H]1CCC2=O. The Hall–Kier alpha value is -0.590. The Morgan fingerprint density at radius 3 is 2.68 bits per heavy atom. The van der Waals surface area contributed by atoms with E-state index in [0.29, 0.717) is 23.0 Å². The molecule has 3 saturated carbocycles. The van der Waals surface area contributed by atoms with Crippen molar-refractivity contribution in [2.24, 2.45) is 34.5 Å². The molecule has 0 bridgehead atoms. The van der Waals surface area contributed by atoms with E-state index in [0.717, 1.165) is 18.3 Å². The number of hydrogen-bond acceptors (Lipinski definition) is 1. The maximum Gasteiger partial charge on any atom is 0.139 e. The molecule has 5 atom stereocenters. The lowest BCUT2D eigenvalue weighted by atomic mass is 9.46. The first-order valence-corrected chi connectivity index (χ1v) is 9.73. The lowest BCUT2D eigenvalue weighted by Crippen LogP contribution is -2.52. The highest BCUT2D eigenvalue weighted by Crippen LogP contribution is 2.65. The van der Waals surface area contributed by atoms with Crippen LogP contribution in [-0.2, 0) is 4.79 Å². The minimum atomic E-state index is 0.0392. The predicted octanol–water partition coefficient (Wildman–Crippen LogP) is 5.54. The molecule has 4 aliphatic rings. The van der Waals surface area contributed by atoms with Crippen LogP contribution >= 0.6 is 0 Å². The summed E-state index contributed by atoms with van der Waals surface area (Å²) in [5.41, 5.74) is 2.29. The Labute approximate surface area is 135 Å². The summed E-state index contributed by atoms with van der Waals surface area (Å²) in [6.45, 7) is 7.18. The topological polar surface area (TPSA) is 17.1 Å². The molecule has 3 fully saturated rings. The fraction of sp³-hybridized carbons (Fsp3) is 0.857. The largest absolute Gasteiger partial charge is 0.299 e. The van der Waals surface area contributed by atoms with Crippen LogP contribution < -0.4 is 0 Å². The van der Waals surface area contributed by atoms with Crippen molar-refractivity contribution >= 4 is 5.78 Å². The van der Waals surface area contributed by atoms with Crippen LogP contribution in [0, 0.1) is 34.5 Å². The van der Waals surface area contributed by atoms with Gasteiger partial charge in [0.15, 0.2) is 0 Å². The molecule has 122 valence electrons. The van der Waals surface area contributed by atoms with Crippen molar-refractivity contribution in [1.82, 2.24) is 0 Å². The van der Waals surface area contributed by atoms with Gasteiger partial charge < -0.3 is 0 Å². The Morgan fingerprint density at radius 2 is 1.91 bits per heavy atom. The van der Waals surface area contributed by atoms with Gasteiger partial charge in [-0.1, -0.05) is 38.8 Å². The van der Waals surface area contributed by atoms with E-state index in [-0.39, 0.29) is 5.41 Å². The first-order valence-electron chi connectivity index (χ1n) is 9.73. The third kappa shape index (κ3) is 1.74. The number of hydrogen-bond donors (Lipinski definition) is 0. The summed E-state index contributed by atoms with van der Waals surface area (Å²) in [6, 6.07) is 0. The summed E-state index contributed by atoms with van der Waals surface area (Å²) < 4.78 is 0. The molecule has 22 heavy (non-hydrogen) atoms. The van der Waals surface area contributed by atoms with E-state index in [1.54, 1.807) is 5.57 Å². The van der Waals surface area contributed by atoms with Crippen molar-refractivity contribution in [2.45, 2.75) is 78.6 Å². The van der Waals surface area contributed by atoms with Gasteiger partial charge in [-0.25, -0.2) is 0 Å². The third-order valence-electron chi connectivity index (χ3n) is 8.38. The number of ketones is 1. The minimum absolute atomic E-state index is 0.0392. The Bertz CT molecular complexity index is 516. The van der Waals surface area contributed by atoms with Gasteiger partial charge in [0.25, 0.3) is 0 Å². The molecule has 0 aromatic carbocycles. The van der Waals surface area contributed by atoms with Crippen LogP contribution in [0.5, 0.6) is 0 Å². The van der Waals surface area contributed by atoms with Crippen molar-refractivity contribution in [3.63, 3.8) is 0 Å². The standard InChI is InChI=1S/C21H32O/c1-14(2)21-13-11-17-16(18(21)9-10-19(21)22)8-7-15-6-4-5-12-20(15,17)3/h7,14,16-18H,4-6,8-13H2,1-3H3/t16-,17+,18+,20+,21-/m1/s1. The Balaban J connectivity index is 1.73. The minimum Gasteiger partial charge on any atom is -0.299 e. The van der Waals surface area contributed by atoms with Gasteiger partial charge >= 0.3 is 0 Å². The lowest BCUT2D eigenvalue weighted by Gasteiger charge is -2.57. The second-order valence-corrected chi connectivity index (χ2v) is 9.16. The zero-order valence-electron chi connectivity index (χ0n) is 14.7. The monoisotopic (exact) mass is 300 g/mol. The van der Waals surface area contributed by atoms with Gasteiger partial charge in [-0.3, -0.25) is 4.79 Å². The Kier molecular flexibility index (Phi) is 3.37. The van der Waals surface area contributed by atoms with Crippen molar-refractivity contribution in [1.29, 1.82) is 0 Å². The highest BCUT2D eigenvalue weighted by Gasteiger charge is 2.60. The van der Waals surface area contributed by atoms with E-state index in [2.05, 4.69) is 26.8 Å². The van der Waals surface area contributed by atoms with Crippen LogP contribution in [-0.4, -0.2) is 5.78 Å². The van der Waals surface area contributed by atoms with E-state index < -0.39 is 0 Å². The molecule has 1 heteroatoms. The normalized spacial score (nSPS) is 47.7. The molecule has 4 rings (SSSR count). The average molecular weight is 300 g/mol. The second kappa shape index (κ2) is 4.95. The maximum atomic E-state index is 12.8. The van der Waals surface area contributed by atoms with Crippen LogP contribution in [0.15, 0.2) is 11.6 Å². The van der Waals surface area contributed by atoms with E-state index >= 15 is 0 Å². The summed E-state index contributed by atoms with van der Waals surface area (Å²) in [6.07, 6.45) is 14.0. The van der Waals surface area contributed by atoms with Crippen molar-refractivity contribution in [2.75, 3.05) is 0 Å². The summed E-state index contributed by atoms with van der Waals surface area (Å²) in [4.78, 5) is 12.8. The fourth-order valence-corrected chi connectivity index (χ4v) is 7.24. The van der Waals surface area contributed by atoms with Gasteiger partial charge in [0.1, 0.15) is 5.78 Å². The molecule has 4 aliphatic carbocycles. The molecule has 0 heterocycles. The summed E-state index contributed by atoms with van der Waals surface area (Å²) in [5, 5.41) is 0. The molecular weight excluding hydrogens is 268 g/mol. The smallest absolute Gasteiger partial charge is 0.139 e. The second-order valence-electron chi connectivity index (χ2n) is 9.16. The van der Waals surface area contributed by atoms with Gasteiger partial charge in [0.2, 0.25) is 0 Å². The molecular formula is C21H32O. The number of fused-ring (bicyclic) bond motifs is 5. The Morgan fingerprint density at radius 1 is 1.09 bits per heavy atom. The molecule has 0 unspecified atom stereocenters. The molecule has 0 saturated heterocycles. The molecule has 0 aromatic rings. The molecule has 1 nitrogen and oxygen atoms in total. The van der Waals surface area contributed by atoms with Crippen LogP contribution in [0.2, 0.25) is 0 Å². The first-order chi connectivity index (χ1) is 10.5. The number of rotatable bonds is 1. The number of carbonyl (C=O) groups excluding carboxylic acids is 1. The van der Waals surface area contributed by atoms with E-state index in [9.17, 15) is 4.79 Å². The molecule has 0 radical (unpaired) electrons.